The SMILES string of the molecule is CC(C)(CCSCCNC(=O)CCNC(=O)CC(C)(C)C(O)O)CC(=O)O. The fourth-order valence-corrected chi connectivity index (χ4v) is 3.33. The normalized spacial score (nSPS) is 12.1. The summed E-state index contributed by atoms with van der Waals surface area (Å²) in [4.78, 5) is 34.2. The number of hydrogen-bond acceptors (Lipinski definition) is 6. The minimum Gasteiger partial charge on any atom is -0.481 e. The molecular weight excluding hydrogens is 372 g/mol. The highest BCUT2D eigenvalue weighted by Gasteiger charge is 2.28. The molecule has 0 spiro atoms. The highest BCUT2D eigenvalue weighted by molar-refractivity contribution is 7.99. The summed E-state index contributed by atoms with van der Waals surface area (Å²) in [5.41, 5.74) is -1.18. The molecular formula is C18H34N2O6S. The molecule has 0 bridgehead atoms. The van der Waals surface area contributed by atoms with Crippen LogP contribution in [0.15, 0.2) is 0 Å². The van der Waals surface area contributed by atoms with E-state index >= 15 is 0 Å². The van der Waals surface area contributed by atoms with Crippen LogP contribution in [0.4, 0.5) is 0 Å². The van der Waals surface area contributed by atoms with Crippen LogP contribution in [0.25, 0.3) is 0 Å². The molecule has 0 aromatic heterocycles. The van der Waals surface area contributed by atoms with E-state index in [-0.39, 0.29) is 43.0 Å². The van der Waals surface area contributed by atoms with Gasteiger partial charge in [0.05, 0.1) is 6.42 Å². The van der Waals surface area contributed by atoms with Crippen molar-refractivity contribution in [2.75, 3.05) is 24.6 Å². The van der Waals surface area contributed by atoms with Gasteiger partial charge in [0.15, 0.2) is 6.29 Å². The average molecular weight is 407 g/mol. The number of hydrogen-bond donors (Lipinski definition) is 5. The summed E-state index contributed by atoms with van der Waals surface area (Å²) >= 11 is 1.66. The summed E-state index contributed by atoms with van der Waals surface area (Å²) in [6, 6.07) is 0. The summed E-state index contributed by atoms with van der Waals surface area (Å²) in [5, 5.41) is 32.5. The highest BCUT2D eigenvalue weighted by Crippen LogP contribution is 2.26. The van der Waals surface area contributed by atoms with E-state index < -0.39 is 17.7 Å². The molecule has 0 unspecified atom stereocenters. The number of aliphatic carboxylic acids is 1. The molecule has 27 heavy (non-hydrogen) atoms. The van der Waals surface area contributed by atoms with Gasteiger partial charge in [0.1, 0.15) is 0 Å². The van der Waals surface area contributed by atoms with Gasteiger partial charge >= 0.3 is 5.97 Å². The zero-order valence-corrected chi connectivity index (χ0v) is 17.5. The van der Waals surface area contributed by atoms with E-state index in [1.165, 1.54) is 0 Å². The third-order valence-electron chi connectivity index (χ3n) is 4.11. The first-order chi connectivity index (χ1) is 12.4. The Labute approximate surface area is 165 Å². The van der Waals surface area contributed by atoms with Crippen molar-refractivity contribution in [1.82, 2.24) is 10.6 Å². The van der Waals surface area contributed by atoms with Crippen LogP contribution in [0.5, 0.6) is 0 Å². The lowest BCUT2D eigenvalue weighted by atomic mass is 9.87. The summed E-state index contributed by atoms with van der Waals surface area (Å²) in [5.74, 6) is 0.284. The third kappa shape index (κ3) is 13.5. The van der Waals surface area contributed by atoms with Crippen molar-refractivity contribution in [3.05, 3.63) is 0 Å². The van der Waals surface area contributed by atoms with Gasteiger partial charge in [-0.15, -0.1) is 0 Å². The second kappa shape index (κ2) is 12.2. The zero-order chi connectivity index (χ0) is 21.1. The first-order valence-corrected chi connectivity index (χ1v) is 10.2. The standard InChI is InChI=1S/C18H34N2O6S/c1-17(2,12-15(23)24)6-9-27-10-8-20-13(21)5-7-19-14(22)11-18(3,4)16(25)26/h16,25-26H,5-12H2,1-4H3,(H,19,22)(H,20,21)(H,23,24). The van der Waals surface area contributed by atoms with Gasteiger partial charge in [0.2, 0.25) is 11.8 Å². The number of aliphatic hydroxyl groups is 2. The molecule has 0 saturated carbocycles. The van der Waals surface area contributed by atoms with Crippen molar-refractivity contribution in [3.8, 4) is 0 Å². The second-order valence-electron chi connectivity index (χ2n) is 8.09. The molecule has 0 atom stereocenters. The van der Waals surface area contributed by atoms with Gasteiger partial charge in [0, 0.05) is 37.1 Å². The quantitative estimate of drug-likeness (QED) is 0.214. The summed E-state index contributed by atoms with van der Waals surface area (Å²) < 4.78 is 0. The molecule has 0 aromatic carbocycles. The molecule has 0 aliphatic rings. The van der Waals surface area contributed by atoms with Crippen LogP contribution in [0, 0.1) is 10.8 Å². The lowest BCUT2D eigenvalue weighted by Crippen LogP contribution is -2.37. The van der Waals surface area contributed by atoms with Gasteiger partial charge in [-0.2, -0.15) is 11.8 Å². The van der Waals surface area contributed by atoms with Gasteiger partial charge in [-0.05, 0) is 17.6 Å². The minimum atomic E-state index is -1.58. The Morgan fingerprint density at radius 3 is 2.07 bits per heavy atom. The molecule has 0 heterocycles. The molecule has 5 N–H and O–H groups in total. The number of nitrogens with one attached hydrogen (secondary N) is 2. The van der Waals surface area contributed by atoms with Crippen molar-refractivity contribution in [2.45, 2.75) is 59.7 Å². The van der Waals surface area contributed by atoms with Crippen LogP contribution >= 0.6 is 11.8 Å². The van der Waals surface area contributed by atoms with Crippen molar-refractivity contribution >= 4 is 29.5 Å². The lowest BCUT2D eigenvalue weighted by molar-refractivity contribution is -0.142. The number of thioether (sulfide) groups is 1. The maximum atomic E-state index is 11.7. The van der Waals surface area contributed by atoms with Crippen LogP contribution < -0.4 is 10.6 Å². The Kier molecular flexibility index (Phi) is 11.6. The molecule has 0 aliphatic heterocycles. The predicted molar refractivity (Wildman–Crippen MR) is 105 cm³/mol. The van der Waals surface area contributed by atoms with Gasteiger partial charge in [-0.25, -0.2) is 0 Å². The van der Waals surface area contributed by atoms with E-state index in [0.717, 1.165) is 17.9 Å². The van der Waals surface area contributed by atoms with Crippen LogP contribution in [-0.2, 0) is 14.4 Å². The first-order valence-electron chi connectivity index (χ1n) is 9.05. The fraction of sp³-hybridized carbons (Fsp3) is 0.833. The molecule has 2 amide bonds. The number of amides is 2. The van der Waals surface area contributed by atoms with E-state index in [1.807, 2.05) is 13.8 Å². The molecule has 0 aromatic rings. The molecule has 0 saturated heterocycles. The summed E-state index contributed by atoms with van der Waals surface area (Å²) in [6.07, 6.45) is -0.530. The number of rotatable bonds is 14. The maximum absolute atomic E-state index is 11.7. The smallest absolute Gasteiger partial charge is 0.303 e. The Bertz CT molecular complexity index is 494. The highest BCUT2D eigenvalue weighted by atomic mass is 32.2. The molecule has 8 nitrogen and oxygen atoms in total. The van der Waals surface area contributed by atoms with Crippen molar-refractivity contribution in [1.29, 1.82) is 0 Å². The topological polar surface area (TPSA) is 136 Å². The van der Waals surface area contributed by atoms with Crippen LogP contribution in [0.1, 0.15) is 53.4 Å². The van der Waals surface area contributed by atoms with Crippen molar-refractivity contribution < 1.29 is 29.7 Å². The largest absolute Gasteiger partial charge is 0.481 e. The van der Waals surface area contributed by atoms with Crippen molar-refractivity contribution in [3.63, 3.8) is 0 Å². The molecule has 9 heteroatoms. The third-order valence-corrected chi connectivity index (χ3v) is 5.10. The first kappa shape index (κ1) is 25.7. The van der Waals surface area contributed by atoms with Gasteiger partial charge in [-0.1, -0.05) is 27.7 Å². The number of carboxylic acid groups (broad SMARTS) is 1. The Balaban J connectivity index is 3.76. The van der Waals surface area contributed by atoms with Gasteiger partial charge < -0.3 is 26.0 Å². The van der Waals surface area contributed by atoms with Gasteiger partial charge in [0.25, 0.3) is 0 Å². The minimum absolute atomic E-state index is 0.0405. The van der Waals surface area contributed by atoms with Crippen LogP contribution in [0.2, 0.25) is 0 Å². The van der Waals surface area contributed by atoms with Crippen molar-refractivity contribution in [2.24, 2.45) is 10.8 Å². The average Bonchev–Trinajstić information content (AvgIpc) is 2.48. The summed E-state index contributed by atoms with van der Waals surface area (Å²) in [7, 11) is 0. The zero-order valence-electron chi connectivity index (χ0n) is 16.7. The molecule has 0 radical (unpaired) electrons. The number of aliphatic hydroxyl groups excluding tert-OH is 1. The monoisotopic (exact) mass is 406 g/mol. The fourth-order valence-electron chi connectivity index (χ4n) is 2.18. The number of carboxylic acids is 1. The van der Waals surface area contributed by atoms with E-state index in [4.69, 9.17) is 15.3 Å². The molecule has 158 valence electrons. The van der Waals surface area contributed by atoms with Crippen LogP contribution in [-0.4, -0.2) is 64.0 Å². The maximum Gasteiger partial charge on any atom is 0.303 e. The van der Waals surface area contributed by atoms with E-state index in [2.05, 4.69) is 10.6 Å². The van der Waals surface area contributed by atoms with E-state index in [1.54, 1.807) is 25.6 Å². The second-order valence-corrected chi connectivity index (χ2v) is 9.31. The van der Waals surface area contributed by atoms with E-state index in [0.29, 0.717) is 6.54 Å². The molecule has 0 aliphatic carbocycles. The molecule has 0 fully saturated rings. The number of carbonyl (C=O) groups excluding carboxylic acids is 2. The van der Waals surface area contributed by atoms with Gasteiger partial charge in [-0.3, -0.25) is 14.4 Å². The van der Waals surface area contributed by atoms with E-state index in [9.17, 15) is 14.4 Å². The number of carbonyl (C=O) groups is 3. The Hall–Kier alpha value is -1.32. The van der Waals surface area contributed by atoms with Crippen LogP contribution in [0.3, 0.4) is 0 Å². The summed E-state index contributed by atoms with van der Waals surface area (Å²) in [6.45, 7) is 7.72. The predicted octanol–water partition coefficient (Wildman–Crippen LogP) is 0.960. The lowest BCUT2D eigenvalue weighted by Gasteiger charge is -2.25. The Morgan fingerprint density at radius 2 is 1.52 bits per heavy atom. The Morgan fingerprint density at radius 1 is 0.926 bits per heavy atom. The molecule has 0 rings (SSSR count).